The highest BCUT2D eigenvalue weighted by molar-refractivity contribution is 5.17. The molecule has 3 atom stereocenters. The SMILES string of the molecule is CCCCCCCCCCC1(O)C2(C)CCC(C2)C1(C)C. The molecular formula is C20H38O. The maximum absolute atomic E-state index is 11.4. The Bertz CT molecular complexity index is 328. The minimum absolute atomic E-state index is 0.126. The van der Waals surface area contributed by atoms with Crippen molar-refractivity contribution in [1.29, 1.82) is 0 Å². The van der Waals surface area contributed by atoms with E-state index in [9.17, 15) is 5.11 Å². The Kier molecular flexibility index (Phi) is 5.45. The van der Waals surface area contributed by atoms with Gasteiger partial charge in [0, 0.05) is 0 Å². The van der Waals surface area contributed by atoms with Crippen LogP contribution in [0.3, 0.4) is 0 Å². The van der Waals surface area contributed by atoms with Crippen LogP contribution in [0.5, 0.6) is 0 Å². The Labute approximate surface area is 132 Å². The van der Waals surface area contributed by atoms with Crippen LogP contribution in [0.2, 0.25) is 0 Å². The van der Waals surface area contributed by atoms with Crippen molar-refractivity contribution in [2.45, 2.75) is 110 Å². The molecule has 2 saturated carbocycles. The molecule has 2 aliphatic rings. The molecule has 0 amide bonds. The van der Waals surface area contributed by atoms with E-state index < -0.39 is 5.60 Å². The lowest BCUT2D eigenvalue weighted by Crippen LogP contribution is -2.53. The van der Waals surface area contributed by atoms with E-state index in [0.29, 0.717) is 0 Å². The third-order valence-electron chi connectivity index (χ3n) is 7.22. The van der Waals surface area contributed by atoms with Crippen molar-refractivity contribution in [2.75, 3.05) is 0 Å². The lowest BCUT2D eigenvalue weighted by atomic mass is 9.58. The first-order chi connectivity index (χ1) is 9.87. The second-order valence-electron chi connectivity index (χ2n) is 8.81. The van der Waals surface area contributed by atoms with Crippen LogP contribution in [-0.2, 0) is 0 Å². The van der Waals surface area contributed by atoms with Crippen molar-refractivity contribution < 1.29 is 5.11 Å². The zero-order valence-corrected chi connectivity index (χ0v) is 15.0. The molecule has 0 saturated heterocycles. The summed E-state index contributed by atoms with van der Waals surface area (Å²) in [4.78, 5) is 0. The predicted octanol–water partition coefficient (Wildman–Crippen LogP) is 6.09. The Hall–Kier alpha value is -0.0400. The number of fused-ring (bicyclic) bond motifs is 2. The average molecular weight is 295 g/mol. The lowest BCUT2D eigenvalue weighted by molar-refractivity contribution is -0.148. The van der Waals surface area contributed by atoms with Gasteiger partial charge in [0.1, 0.15) is 0 Å². The van der Waals surface area contributed by atoms with E-state index in [0.717, 1.165) is 12.3 Å². The molecule has 1 nitrogen and oxygen atoms in total. The van der Waals surface area contributed by atoms with Gasteiger partial charge in [0.25, 0.3) is 0 Å². The highest BCUT2D eigenvalue weighted by atomic mass is 16.3. The minimum atomic E-state index is -0.412. The molecule has 1 N–H and O–H groups in total. The summed E-state index contributed by atoms with van der Waals surface area (Å²) in [5, 5.41) is 11.4. The Morgan fingerprint density at radius 1 is 0.905 bits per heavy atom. The molecule has 0 aromatic carbocycles. The Balaban J connectivity index is 1.72. The molecule has 0 spiro atoms. The van der Waals surface area contributed by atoms with Gasteiger partial charge < -0.3 is 5.11 Å². The van der Waals surface area contributed by atoms with Crippen molar-refractivity contribution in [2.24, 2.45) is 16.7 Å². The highest BCUT2D eigenvalue weighted by Gasteiger charge is 2.67. The van der Waals surface area contributed by atoms with E-state index in [1.807, 2.05) is 0 Å². The van der Waals surface area contributed by atoms with Crippen molar-refractivity contribution in [3.8, 4) is 0 Å². The van der Waals surface area contributed by atoms with Gasteiger partial charge >= 0.3 is 0 Å². The molecule has 1 heteroatoms. The zero-order valence-electron chi connectivity index (χ0n) is 15.0. The number of unbranched alkanes of at least 4 members (excludes halogenated alkanes) is 7. The largest absolute Gasteiger partial charge is 0.389 e. The fraction of sp³-hybridized carbons (Fsp3) is 1.00. The van der Waals surface area contributed by atoms with Crippen LogP contribution in [0.4, 0.5) is 0 Å². The van der Waals surface area contributed by atoms with E-state index in [4.69, 9.17) is 0 Å². The summed E-state index contributed by atoms with van der Waals surface area (Å²) < 4.78 is 0. The summed E-state index contributed by atoms with van der Waals surface area (Å²) in [6, 6.07) is 0. The van der Waals surface area contributed by atoms with Gasteiger partial charge in [-0.15, -0.1) is 0 Å². The van der Waals surface area contributed by atoms with E-state index in [1.165, 1.54) is 70.6 Å². The number of aliphatic hydroxyl groups is 1. The van der Waals surface area contributed by atoms with Crippen molar-refractivity contribution in [3.05, 3.63) is 0 Å². The second kappa shape index (κ2) is 6.60. The summed E-state index contributed by atoms with van der Waals surface area (Å²) in [6.45, 7) is 9.28. The molecule has 0 radical (unpaired) electrons. The van der Waals surface area contributed by atoms with Gasteiger partial charge in [-0.3, -0.25) is 0 Å². The summed E-state index contributed by atoms with van der Waals surface area (Å²) in [6.07, 6.45) is 15.7. The summed E-state index contributed by atoms with van der Waals surface area (Å²) in [5.74, 6) is 0.751. The average Bonchev–Trinajstić information content (AvgIpc) is 2.90. The topological polar surface area (TPSA) is 20.2 Å². The van der Waals surface area contributed by atoms with Crippen LogP contribution >= 0.6 is 0 Å². The third kappa shape index (κ3) is 3.05. The van der Waals surface area contributed by atoms with Crippen LogP contribution in [0.25, 0.3) is 0 Å². The van der Waals surface area contributed by atoms with Gasteiger partial charge in [-0.05, 0) is 42.4 Å². The van der Waals surface area contributed by atoms with E-state index in [2.05, 4.69) is 27.7 Å². The Morgan fingerprint density at radius 2 is 1.48 bits per heavy atom. The smallest absolute Gasteiger partial charge is 0.0754 e. The molecule has 2 rings (SSSR count). The zero-order chi connectivity index (χ0) is 15.6. The quantitative estimate of drug-likeness (QED) is 0.510. The number of rotatable bonds is 9. The molecule has 0 heterocycles. The van der Waals surface area contributed by atoms with Crippen molar-refractivity contribution in [1.82, 2.24) is 0 Å². The third-order valence-corrected chi connectivity index (χ3v) is 7.22. The van der Waals surface area contributed by atoms with Crippen LogP contribution in [0.1, 0.15) is 105 Å². The summed E-state index contributed by atoms with van der Waals surface area (Å²) in [7, 11) is 0. The molecular weight excluding hydrogens is 256 g/mol. The summed E-state index contributed by atoms with van der Waals surface area (Å²) >= 11 is 0. The van der Waals surface area contributed by atoms with E-state index in [1.54, 1.807) is 0 Å². The first-order valence-electron chi connectivity index (χ1n) is 9.60. The van der Waals surface area contributed by atoms with Gasteiger partial charge in [0.2, 0.25) is 0 Å². The minimum Gasteiger partial charge on any atom is -0.389 e. The van der Waals surface area contributed by atoms with Gasteiger partial charge in [0.15, 0.2) is 0 Å². The van der Waals surface area contributed by atoms with Crippen LogP contribution in [0, 0.1) is 16.7 Å². The predicted molar refractivity (Wildman–Crippen MR) is 91.4 cm³/mol. The molecule has 3 unspecified atom stereocenters. The molecule has 2 aliphatic carbocycles. The first kappa shape index (κ1) is 17.3. The molecule has 0 aromatic heterocycles. The van der Waals surface area contributed by atoms with Gasteiger partial charge in [0.05, 0.1) is 5.60 Å². The van der Waals surface area contributed by atoms with E-state index >= 15 is 0 Å². The molecule has 2 bridgehead atoms. The van der Waals surface area contributed by atoms with Gasteiger partial charge in [-0.25, -0.2) is 0 Å². The normalized spacial score (nSPS) is 37.3. The van der Waals surface area contributed by atoms with Crippen molar-refractivity contribution in [3.63, 3.8) is 0 Å². The first-order valence-corrected chi connectivity index (χ1v) is 9.60. The number of hydrogen-bond acceptors (Lipinski definition) is 1. The van der Waals surface area contributed by atoms with Crippen LogP contribution in [0.15, 0.2) is 0 Å². The van der Waals surface area contributed by atoms with Crippen molar-refractivity contribution >= 4 is 0 Å². The maximum Gasteiger partial charge on any atom is 0.0754 e. The number of hydrogen-bond donors (Lipinski definition) is 1. The lowest BCUT2D eigenvalue weighted by Gasteiger charge is -2.51. The van der Waals surface area contributed by atoms with E-state index in [-0.39, 0.29) is 10.8 Å². The van der Waals surface area contributed by atoms with Gasteiger partial charge in [-0.2, -0.15) is 0 Å². The molecule has 21 heavy (non-hydrogen) atoms. The summed E-state index contributed by atoms with van der Waals surface area (Å²) in [5.41, 5.74) is -0.0887. The highest BCUT2D eigenvalue weighted by Crippen LogP contribution is 2.69. The maximum atomic E-state index is 11.4. The molecule has 2 fully saturated rings. The fourth-order valence-electron chi connectivity index (χ4n) is 5.49. The molecule has 0 aromatic rings. The standard InChI is InChI=1S/C20H38O/c1-5-6-7-8-9-10-11-12-14-20(21)18(2,3)17-13-15-19(20,4)16-17/h17,21H,5-16H2,1-4H3. The molecule has 0 aliphatic heterocycles. The fourth-order valence-corrected chi connectivity index (χ4v) is 5.49. The molecule has 124 valence electrons. The second-order valence-corrected chi connectivity index (χ2v) is 8.81. The van der Waals surface area contributed by atoms with Gasteiger partial charge in [-0.1, -0.05) is 79.1 Å². The monoisotopic (exact) mass is 294 g/mol. The van der Waals surface area contributed by atoms with Crippen LogP contribution in [-0.4, -0.2) is 10.7 Å². The Morgan fingerprint density at radius 3 is 2.00 bits per heavy atom. The van der Waals surface area contributed by atoms with Crippen LogP contribution < -0.4 is 0 Å².